The molecular formula is C16H23N3O. The van der Waals surface area contributed by atoms with Gasteiger partial charge in [-0.2, -0.15) is 0 Å². The number of hydrogen-bond donors (Lipinski definition) is 0. The number of carbonyl (C=O) groups is 1. The van der Waals surface area contributed by atoms with E-state index in [1.165, 1.54) is 19.3 Å². The maximum absolute atomic E-state index is 12.5. The SMILES string of the molecule is O=C(C1CCCCC1)N1CCN(c2ccccn2)CC1. The van der Waals surface area contributed by atoms with E-state index in [1.54, 1.807) is 0 Å². The van der Waals surface area contributed by atoms with E-state index in [1.807, 2.05) is 24.4 Å². The number of hydrogen-bond acceptors (Lipinski definition) is 3. The predicted octanol–water partition coefficient (Wildman–Crippen LogP) is 2.31. The summed E-state index contributed by atoms with van der Waals surface area (Å²) in [6.45, 7) is 3.47. The number of rotatable bonds is 2. The minimum Gasteiger partial charge on any atom is -0.353 e. The molecule has 0 N–H and O–H groups in total. The van der Waals surface area contributed by atoms with E-state index < -0.39 is 0 Å². The van der Waals surface area contributed by atoms with Gasteiger partial charge in [0, 0.05) is 38.3 Å². The van der Waals surface area contributed by atoms with Crippen molar-refractivity contribution < 1.29 is 4.79 Å². The molecule has 0 bridgehead atoms. The summed E-state index contributed by atoms with van der Waals surface area (Å²) in [7, 11) is 0. The standard InChI is InChI=1S/C16H23N3O/c20-16(14-6-2-1-3-7-14)19-12-10-18(11-13-19)15-8-4-5-9-17-15/h4-5,8-9,14H,1-3,6-7,10-13H2. The van der Waals surface area contributed by atoms with Gasteiger partial charge in [0.2, 0.25) is 5.91 Å². The molecule has 0 atom stereocenters. The van der Waals surface area contributed by atoms with Crippen molar-refractivity contribution in [3.8, 4) is 0 Å². The molecule has 1 amide bonds. The number of pyridine rings is 1. The van der Waals surface area contributed by atoms with E-state index in [0.29, 0.717) is 11.8 Å². The highest BCUT2D eigenvalue weighted by atomic mass is 16.2. The molecule has 1 aromatic rings. The Morgan fingerprint density at radius 1 is 1.05 bits per heavy atom. The molecule has 2 fully saturated rings. The van der Waals surface area contributed by atoms with Crippen molar-refractivity contribution in [2.75, 3.05) is 31.1 Å². The smallest absolute Gasteiger partial charge is 0.225 e. The molecule has 4 heteroatoms. The Kier molecular flexibility index (Phi) is 4.19. The molecule has 2 heterocycles. The third-order valence-corrected chi connectivity index (χ3v) is 4.52. The first kappa shape index (κ1) is 13.4. The van der Waals surface area contributed by atoms with Crippen molar-refractivity contribution >= 4 is 11.7 Å². The third kappa shape index (κ3) is 2.94. The molecule has 0 aromatic carbocycles. The second-order valence-electron chi connectivity index (χ2n) is 5.84. The van der Waals surface area contributed by atoms with Crippen molar-refractivity contribution in [3.63, 3.8) is 0 Å². The highest BCUT2D eigenvalue weighted by Crippen LogP contribution is 2.26. The molecule has 108 valence electrons. The maximum Gasteiger partial charge on any atom is 0.225 e. The van der Waals surface area contributed by atoms with E-state index in [4.69, 9.17) is 0 Å². The van der Waals surface area contributed by atoms with Gasteiger partial charge in [0.1, 0.15) is 5.82 Å². The highest BCUT2D eigenvalue weighted by Gasteiger charge is 2.28. The van der Waals surface area contributed by atoms with Gasteiger partial charge in [0.15, 0.2) is 0 Å². The van der Waals surface area contributed by atoms with Crippen molar-refractivity contribution in [3.05, 3.63) is 24.4 Å². The molecule has 3 rings (SSSR count). The Morgan fingerprint density at radius 2 is 1.80 bits per heavy atom. The van der Waals surface area contributed by atoms with E-state index in [-0.39, 0.29) is 0 Å². The van der Waals surface area contributed by atoms with Crippen LogP contribution in [-0.4, -0.2) is 42.0 Å². The van der Waals surface area contributed by atoms with Crippen LogP contribution in [0.3, 0.4) is 0 Å². The normalized spacial score (nSPS) is 21.0. The maximum atomic E-state index is 12.5. The zero-order valence-corrected chi connectivity index (χ0v) is 12.0. The third-order valence-electron chi connectivity index (χ3n) is 4.52. The van der Waals surface area contributed by atoms with Gasteiger partial charge in [0.25, 0.3) is 0 Å². The minimum atomic E-state index is 0.296. The molecule has 0 spiro atoms. The molecule has 0 radical (unpaired) electrons. The molecule has 1 aromatic heterocycles. The van der Waals surface area contributed by atoms with Crippen LogP contribution in [0.5, 0.6) is 0 Å². The van der Waals surface area contributed by atoms with Gasteiger partial charge in [-0.05, 0) is 25.0 Å². The number of aromatic nitrogens is 1. The molecule has 0 unspecified atom stereocenters. The highest BCUT2D eigenvalue weighted by molar-refractivity contribution is 5.79. The summed E-state index contributed by atoms with van der Waals surface area (Å²) in [6, 6.07) is 5.99. The number of anilines is 1. The molecule has 1 saturated carbocycles. The quantitative estimate of drug-likeness (QED) is 0.829. The van der Waals surface area contributed by atoms with Gasteiger partial charge in [-0.15, -0.1) is 0 Å². The zero-order valence-electron chi connectivity index (χ0n) is 12.0. The van der Waals surface area contributed by atoms with E-state index in [9.17, 15) is 4.79 Å². The fourth-order valence-corrected chi connectivity index (χ4v) is 3.30. The second-order valence-corrected chi connectivity index (χ2v) is 5.84. The molecule has 1 aliphatic carbocycles. The van der Waals surface area contributed by atoms with Gasteiger partial charge in [0.05, 0.1) is 0 Å². The number of amides is 1. The van der Waals surface area contributed by atoms with Crippen LogP contribution in [0.1, 0.15) is 32.1 Å². The first-order valence-corrected chi connectivity index (χ1v) is 7.79. The first-order valence-electron chi connectivity index (χ1n) is 7.79. The van der Waals surface area contributed by atoms with Crippen LogP contribution in [0.4, 0.5) is 5.82 Å². The van der Waals surface area contributed by atoms with Gasteiger partial charge < -0.3 is 9.80 Å². The van der Waals surface area contributed by atoms with Gasteiger partial charge in [-0.3, -0.25) is 4.79 Å². The van der Waals surface area contributed by atoms with Crippen LogP contribution in [0.15, 0.2) is 24.4 Å². The Balaban J connectivity index is 1.54. The number of nitrogens with zero attached hydrogens (tertiary/aromatic N) is 3. The summed E-state index contributed by atoms with van der Waals surface area (Å²) in [5, 5.41) is 0. The lowest BCUT2D eigenvalue weighted by Gasteiger charge is -2.37. The molecular weight excluding hydrogens is 250 g/mol. The van der Waals surface area contributed by atoms with Crippen molar-refractivity contribution in [1.82, 2.24) is 9.88 Å². The summed E-state index contributed by atoms with van der Waals surface area (Å²) >= 11 is 0. The summed E-state index contributed by atoms with van der Waals surface area (Å²) in [5.41, 5.74) is 0. The second kappa shape index (κ2) is 6.25. The lowest BCUT2D eigenvalue weighted by Crippen LogP contribution is -2.50. The predicted molar refractivity (Wildman–Crippen MR) is 79.6 cm³/mol. The Hall–Kier alpha value is -1.58. The van der Waals surface area contributed by atoms with Gasteiger partial charge in [-0.1, -0.05) is 25.3 Å². The van der Waals surface area contributed by atoms with E-state index in [2.05, 4.69) is 14.8 Å². The van der Waals surface area contributed by atoms with Crippen LogP contribution < -0.4 is 4.90 Å². The van der Waals surface area contributed by atoms with E-state index >= 15 is 0 Å². The molecule has 1 saturated heterocycles. The fourth-order valence-electron chi connectivity index (χ4n) is 3.30. The number of carbonyl (C=O) groups excluding carboxylic acids is 1. The zero-order chi connectivity index (χ0) is 13.8. The Labute approximate surface area is 120 Å². The van der Waals surface area contributed by atoms with Crippen LogP contribution in [-0.2, 0) is 4.79 Å². The fraction of sp³-hybridized carbons (Fsp3) is 0.625. The minimum absolute atomic E-state index is 0.296. The summed E-state index contributed by atoms with van der Waals surface area (Å²) in [4.78, 5) is 21.2. The van der Waals surface area contributed by atoms with Gasteiger partial charge >= 0.3 is 0 Å². The lowest BCUT2D eigenvalue weighted by atomic mass is 9.88. The molecule has 1 aliphatic heterocycles. The summed E-state index contributed by atoms with van der Waals surface area (Å²) in [6.07, 6.45) is 7.78. The lowest BCUT2D eigenvalue weighted by molar-refractivity contribution is -0.136. The average Bonchev–Trinajstić information content (AvgIpc) is 2.56. The van der Waals surface area contributed by atoms with Gasteiger partial charge in [-0.25, -0.2) is 4.98 Å². The molecule has 4 nitrogen and oxygen atoms in total. The monoisotopic (exact) mass is 273 g/mol. The van der Waals surface area contributed by atoms with Crippen molar-refractivity contribution in [2.24, 2.45) is 5.92 Å². The van der Waals surface area contributed by atoms with Crippen LogP contribution >= 0.6 is 0 Å². The summed E-state index contributed by atoms with van der Waals surface area (Å²) < 4.78 is 0. The first-order chi connectivity index (χ1) is 9.84. The van der Waals surface area contributed by atoms with Crippen LogP contribution in [0.25, 0.3) is 0 Å². The average molecular weight is 273 g/mol. The van der Waals surface area contributed by atoms with E-state index in [0.717, 1.165) is 44.8 Å². The van der Waals surface area contributed by atoms with Crippen molar-refractivity contribution in [1.29, 1.82) is 0 Å². The van der Waals surface area contributed by atoms with Crippen molar-refractivity contribution in [2.45, 2.75) is 32.1 Å². The largest absolute Gasteiger partial charge is 0.353 e. The Morgan fingerprint density at radius 3 is 2.45 bits per heavy atom. The topological polar surface area (TPSA) is 36.4 Å². The number of piperazine rings is 1. The molecule has 20 heavy (non-hydrogen) atoms. The van der Waals surface area contributed by atoms with Crippen LogP contribution in [0.2, 0.25) is 0 Å². The van der Waals surface area contributed by atoms with Crippen LogP contribution in [0, 0.1) is 5.92 Å². The Bertz CT molecular complexity index is 434. The molecule has 2 aliphatic rings. The summed E-state index contributed by atoms with van der Waals surface area (Å²) in [5.74, 6) is 1.72.